The number of anilines is 9. The minimum absolute atomic E-state index is 0.588. The Labute approximate surface area is 802 Å². The molecule has 648 valence electrons. The summed E-state index contributed by atoms with van der Waals surface area (Å²) in [5.74, 6) is 3.63. The molecular weight excluding hydrogens is 1700 g/mol. The van der Waals surface area contributed by atoms with E-state index in [-0.39, 0.29) is 0 Å². The molecule has 0 aliphatic heterocycles. The summed E-state index contributed by atoms with van der Waals surface area (Å²) in [7, 11) is 0. The highest BCUT2D eigenvalue weighted by atomic mass is 32.1. The number of nitrogens with zero attached hydrogens (tertiary/aromatic N) is 11. The van der Waals surface area contributed by atoms with Crippen LogP contribution in [0.4, 0.5) is 51.2 Å². The first-order valence-corrected chi connectivity index (χ1v) is 47.2. The summed E-state index contributed by atoms with van der Waals surface area (Å²) >= 11 is 1.80. The lowest BCUT2D eigenvalue weighted by molar-refractivity contribution is 1.07. The number of para-hydroxylation sites is 6. The summed E-state index contributed by atoms with van der Waals surface area (Å²) in [5.41, 5.74) is 30.5. The lowest BCUT2D eigenvalue weighted by Gasteiger charge is -2.26. The highest BCUT2D eigenvalue weighted by molar-refractivity contribution is 7.25. The second-order valence-electron chi connectivity index (χ2n) is 34.6. The van der Waals surface area contributed by atoms with Gasteiger partial charge < -0.3 is 23.8 Å². The Morgan fingerprint density at radius 1 is 0.145 bits per heavy atom. The smallest absolute Gasteiger partial charge is 0.164 e. The molecule has 0 aliphatic rings. The van der Waals surface area contributed by atoms with E-state index < -0.39 is 0 Å². The standard InChI is InChI=1S/C126H83N11S/c1-9-28-88(29-10-1)121-127-122(89-30-11-2-12-31-89)129-125(128-121)92-58-70-106(71-59-92)136-117-74-61-95(86-54-66-104(67-55-86)134(100-39-19-6-20-40-100)101-41-21-7-22-42-101)80-111(117)112-81-96(62-75-118(112)136)87-56-68-105(69-57-87)135(102-43-23-8-24-44-102)107-45-27-34-93(78-107)84-48-50-91(51-49-84)124-130-123(90-32-13-3-14-33-90)131-126(132-124)97-63-76-119-113(82-97)114-83-108(72-77-120(114)138-119)137-115-47-26-25-46-109(115)110-79-94(60-73-116(110)137)85-52-64-103(65-53-85)133(98-35-15-4-16-36-98)99-37-17-5-18-38-99/h1-83H. The molecule has 5 heterocycles. The topological polar surface area (TPSA) is 96.9 Å². The Kier molecular flexibility index (Phi) is 20.9. The van der Waals surface area contributed by atoms with Crippen molar-refractivity contribution < 1.29 is 0 Å². The molecule has 0 fully saturated rings. The number of thiophene rings is 1. The molecule has 0 atom stereocenters. The second kappa shape index (κ2) is 35.3. The molecule has 0 aliphatic carbocycles. The van der Waals surface area contributed by atoms with E-state index in [1.54, 1.807) is 11.3 Å². The van der Waals surface area contributed by atoms with Gasteiger partial charge >= 0.3 is 0 Å². The van der Waals surface area contributed by atoms with Crippen molar-refractivity contribution in [3.63, 3.8) is 0 Å². The molecule has 25 aromatic rings. The van der Waals surface area contributed by atoms with Gasteiger partial charge in [-0.05, 0) is 257 Å². The monoisotopic (exact) mass is 1780 g/mol. The van der Waals surface area contributed by atoms with Crippen LogP contribution < -0.4 is 14.7 Å². The molecule has 12 heteroatoms. The van der Waals surface area contributed by atoms with Crippen molar-refractivity contribution in [1.82, 2.24) is 39.0 Å². The molecule has 138 heavy (non-hydrogen) atoms. The van der Waals surface area contributed by atoms with Crippen LogP contribution in [0.15, 0.2) is 504 Å². The molecule has 5 aromatic heterocycles. The molecule has 11 nitrogen and oxygen atoms in total. The first-order chi connectivity index (χ1) is 68.4. The first kappa shape index (κ1) is 81.6. The number of aromatic nitrogens is 8. The predicted molar refractivity (Wildman–Crippen MR) is 573 cm³/mol. The third-order valence-corrected chi connectivity index (χ3v) is 27.3. The second-order valence-corrected chi connectivity index (χ2v) is 35.7. The van der Waals surface area contributed by atoms with Gasteiger partial charge in [0.2, 0.25) is 0 Å². The minimum Gasteiger partial charge on any atom is -0.311 e. The zero-order chi connectivity index (χ0) is 91.4. The fourth-order valence-electron chi connectivity index (χ4n) is 19.5. The van der Waals surface area contributed by atoms with Crippen LogP contribution in [0, 0.1) is 0 Å². The van der Waals surface area contributed by atoms with Gasteiger partial charge in [0.15, 0.2) is 34.9 Å². The third-order valence-electron chi connectivity index (χ3n) is 26.2. The van der Waals surface area contributed by atoms with Crippen molar-refractivity contribution in [2.45, 2.75) is 0 Å². The lowest BCUT2D eigenvalue weighted by atomic mass is 9.99. The maximum absolute atomic E-state index is 5.36. The van der Waals surface area contributed by atoms with Gasteiger partial charge in [-0.15, -0.1) is 11.3 Å². The highest BCUT2D eigenvalue weighted by Crippen LogP contribution is 2.47. The van der Waals surface area contributed by atoms with Gasteiger partial charge in [0, 0.05) is 138 Å². The normalized spacial score (nSPS) is 11.5. The SMILES string of the molecule is c1ccc(-c2nc(-c3ccccc3)nc(-c3ccc(-n4c5ccc(-c6ccc(N(c7ccccc7)c7ccccc7)cc6)cc5c5cc(-c6ccc(N(c7ccccc7)c7cccc(-c8ccc(-c9nc(-c%10ccccc%10)nc(-c%10ccc%11sc%12ccc(-n%13c%14ccccc%14c%14cc(-c%15ccc(N(c%16ccccc%16)c%16ccccc%16)cc%15)ccc%14%13)cc%12c%11c%10)n9)cc8)c7)cc6)ccc54)cc3)n2)cc1. The molecule has 0 radical (unpaired) electrons. The summed E-state index contributed by atoms with van der Waals surface area (Å²) in [6.07, 6.45) is 0. The van der Waals surface area contributed by atoms with Gasteiger partial charge in [0.1, 0.15) is 0 Å². The van der Waals surface area contributed by atoms with Gasteiger partial charge in [-0.25, -0.2) is 29.9 Å². The maximum Gasteiger partial charge on any atom is 0.164 e. The van der Waals surface area contributed by atoms with Crippen LogP contribution in [0.5, 0.6) is 0 Å². The zero-order valence-electron chi connectivity index (χ0n) is 74.7. The summed E-state index contributed by atoms with van der Waals surface area (Å²) < 4.78 is 7.20. The van der Waals surface area contributed by atoms with E-state index in [9.17, 15) is 0 Å². The molecule has 0 amide bonds. The highest BCUT2D eigenvalue weighted by Gasteiger charge is 2.25. The van der Waals surface area contributed by atoms with E-state index in [2.05, 4.69) is 448 Å². The van der Waals surface area contributed by atoms with Crippen molar-refractivity contribution in [2.24, 2.45) is 0 Å². The van der Waals surface area contributed by atoms with Gasteiger partial charge in [-0.1, -0.05) is 291 Å². The lowest BCUT2D eigenvalue weighted by Crippen LogP contribution is -2.09. The van der Waals surface area contributed by atoms with Crippen molar-refractivity contribution in [1.29, 1.82) is 0 Å². The average Bonchev–Trinajstić information content (AvgIpc) is 1.58. The molecule has 0 unspecified atom stereocenters. The fourth-order valence-corrected chi connectivity index (χ4v) is 20.5. The molecule has 20 aromatic carbocycles. The van der Waals surface area contributed by atoms with Gasteiger partial charge in [-0.2, -0.15) is 0 Å². The van der Waals surface area contributed by atoms with Gasteiger partial charge in [0.05, 0.1) is 22.1 Å². The van der Waals surface area contributed by atoms with Crippen molar-refractivity contribution in [3.8, 4) is 124 Å². The number of benzene rings is 20. The number of hydrogen-bond donors (Lipinski definition) is 0. The van der Waals surface area contributed by atoms with Crippen LogP contribution in [-0.2, 0) is 0 Å². The largest absolute Gasteiger partial charge is 0.311 e. The summed E-state index contributed by atoms with van der Waals surface area (Å²) in [5, 5.41) is 6.99. The minimum atomic E-state index is 0.588. The van der Waals surface area contributed by atoms with E-state index in [0.29, 0.717) is 34.9 Å². The Balaban J connectivity index is 0.520. The van der Waals surface area contributed by atoms with E-state index in [1.807, 2.05) is 78.9 Å². The van der Waals surface area contributed by atoms with Crippen LogP contribution in [0.1, 0.15) is 0 Å². The predicted octanol–water partition coefficient (Wildman–Crippen LogP) is 33.7. The molecule has 0 spiro atoms. The molecule has 0 bridgehead atoms. The Hall–Kier alpha value is -18.4. The van der Waals surface area contributed by atoms with Gasteiger partial charge in [-0.3, -0.25) is 0 Å². The fraction of sp³-hybridized carbons (Fsp3) is 0. The number of rotatable bonds is 21. The van der Waals surface area contributed by atoms with Crippen molar-refractivity contribution in [3.05, 3.63) is 504 Å². The average molecular weight is 1780 g/mol. The maximum atomic E-state index is 5.36. The number of fused-ring (bicyclic) bond motifs is 9. The third kappa shape index (κ3) is 15.5. The Bertz CT molecular complexity index is 8680. The zero-order valence-corrected chi connectivity index (χ0v) is 75.6. The molecule has 25 rings (SSSR count). The summed E-state index contributed by atoms with van der Waals surface area (Å²) in [4.78, 5) is 38.0. The quantitative estimate of drug-likeness (QED) is 0.0697. The first-order valence-electron chi connectivity index (χ1n) is 46.4. The summed E-state index contributed by atoms with van der Waals surface area (Å²) in [6, 6.07) is 179. The number of hydrogen-bond acceptors (Lipinski definition) is 10. The van der Waals surface area contributed by atoms with Crippen LogP contribution in [-0.4, -0.2) is 39.0 Å². The van der Waals surface area contributed by atoms with Gasteiger partial charge in [0.25, 0.3) is 0 Å². The van der Waals surface area contributed by atoms with E-state index >= 15 is 0 Å². The summed E-state index contributed by atoms with van der Waals surface area (Å²) in [6.45, 7) is 0. The molecule has 0 saturated carbocycles. The van der Waals surface area contributed by atoms with Crippen LogP contribution in [0.3, 0.4) is 0 Å². The van der Waals surface area contributed by atoms with Crippen LogP contribution in [0.2, 0.25) is 0 Å². The van der Waals surface area contributed by atoms with Crippen molar-refractivity contribution in [2.75, 3.05) is 14.7 Å². The van der Waals surface area contributed by atoms with E-state index in [1.165, 1.54) is 25.6 Å². The molecular formula is C126H83N11S. The Morgan fingerprint density at radius 2 is 0.384 bits per heavy atom. The molecule has 0 saturated heterocycles. The Morgan fingerprint density at radius 3 is 0.783 bits per heavy atom. The van der Waals surface area contributed by atoms with E-state index in [0.717, 1.165) is 179 Å². The molecule has 0 N–H and O–H groups in total. The van der Waals surface area contributed by atoms with Crippen LogP contribution >= 0.6 is 11.3 Å². The van der Waals surface area contributed by atoms with Crippen LogP contribution in [0.25, 0.3) is 188 Å². The van der Waals surface area contributed by atoms with E-state index in [4.69, 9.17) is 29.9 Å². The van der Waals surface area contributed by atoms with Crippen molar-refractivity contribution >= 4 is 126 Å².